The summed E-state index contributed by atoms with van der Waals surface area (Å²) in [6.07, 6.45) is 3.62. The van der Waals surface area contributed by atoms with E-state index in [0.717, 1.165) is 26.1 Å². The molecule has 0 saturated carbocycles. The maximum Gasteiger partial charge on any atom is 0.0628 e. The normalized spacial score (nSPS) is 19.0. The molecule has 0 spiro atoms. The average Bonchev–Trinajstić information content (AvgIpc) is 3.02. The van der Waals surface area contributed by atoms with Crippen LogP contribution in [0.1, 0.15) is 43.6 Å². The standard InChI is InChI=1S/C21H32N4/c1-17(2)12-19-13-20(23-22-19)15-25-11-7-10-21(16-25)24(3)14-18-8-5-4-6-9-18/h4-6,8-9,13,17,21H,7,10-12,14-16H2,1-3H3,(H,22,23). The summed E-state index contributed by atoms with van der Waals surface area (Å²) in [7, 11) is 2.26. The molecular formula is C21H32N4. The van der Waals surface area contributed by atoms with Gasteiger partial charge < -0.3 is 0 Å². The van der Waals surface area contributed by atoms with E-state index in [1.807, 2.05) is 0 Å². The second-order valence-electron chi connectivity index (χ2n) is 7.91. The van der Waals surface area contributed by atoms with Crippen LogP contribution in [-0.2, 0) is 19.5 Å². The third kappa shape index (κ3) is 5.41. The number of hydrogen-bond acceptors (Lipinski definition) is 3. The molecule has 4 nitrogen and oxygen atoms in total. The topological polar surface area (TPSA) is 35.2 Å². The first-order valence-electron chi connectivity index (χ1n) is 9.60. The summed E-state index contributed by atoms with van der Waals surface area (Å²) in [5, 5.41) is 7.71. The van der Waals surface area contributed by atoms with Crippen molar-refractivity contribution in [1.29, 1.82) is 0 Å². The molecule has 1 aromatic carbocycles. The smallest absolute Gasteiger partial charge is 0.0628 e. The number of nitrogens with one attached hydrogen (secondary N) is 1. The van der Waals surface area contributed by atoms with Gasteiger partial charge in [-0.25, -0.2) is 0 Å². The van der Waals surface area contributed by atoms with E-state index in [4.69, 9.17) is 0 Å². The molecule has 0 bridgehead atoms. The molecule has 1 aromatic heterocycles. The van der Waals surface area contributed by atoms with E-state index in [1.165, 1.54) is 36.3 Å². The van der Waals surface area contributed by atoms with Gasteiger partial charge in [-0.3, -0.25) is 14.9 Å². The minimum absolute atomic E-state index is 0.631. The summed E-state index contributed by atoms with van der Waals surface area (Å²) in [5.41, 5.74) is 3.84. The van der Waals surface area contributed by atoms with E-state index in [2.05, 4.69) is 77.3 Å². The Kier molecular flexibility index (Phi) is 6.27. The van der Waals surface area contributed by atoms with Gasteiger partial charge in [-0.05, 0) is 50.4 Å². The van der Waals surface area contributed by atoms with Crippen LogP contribution >= 0.6 is 0 Å². The highest BCUT2D eigenvalue weighted by Gasteiger charge is 2.23. The molecule has 1 N–H and O–H groups in total. The second-order valence-corrected chi connectivity index (χ2v) is 7.91. The van der Waals surface area contributed by atoms with Crippen LogP contribution in [0.15, 0.2) is 36.4 Å². The molecule has 1 aliphatic heterocycles. The quantitative estimate of drug-likeness (QED) is 0.834. The van der Waals surface area contributed by atoms with Gasteiger partial charge in [-0.2, -0.15) is 5.10 Å². The molecule has 0 radical (unpaired) electrons. The van der Waals surface area contributed by atoms with E-state index in [1.54, 1.807) is 0 Å². The highest BCUT2D eigenvalue weighted by molar-refractivity contribution is 5.14. The van der Waals surface area contributed by atoms with Crippen molar-refractivity contribution >= 4 is 0 Å². The number of rotatable bonds is 7. The average molecular weight is 341 g/mol. The summed E-state index contributed by atoms with van der Waals surface area (Å²) in [5.74, 6) is 0.655. The molecule has 2 aromatic rings. The van der Waals surface area contributed by atoms with Gasteiger partial charge in [-0.15, -0.1) is 0 Å². The van der Waals surface area contributed by atoms with Gasteiger partial charge in [0.2, 0.25) is 0 Å². The van der Waals surface area contributed by atoms with Gasteiger partial charge in [-0.1, -0.05) is 44.2 Å². The highest BCUT2D eigenvalue weighted by atomic mass is 15.2. The van der Waals surface area contributed by atoms with Crippen molar-refractivity contribution in [2.24, 2.45) is 5.92 Å². The molecule has 1 saturated heterocycles. The van der Waals surface area contributed by atoms with E-state index in [0.29, 0.717) is 12.0 Å². The Morgan fingerprint density at radius 1 is 1.28 bits per heavy atom. The highest BCUT2D eigenvalue weighted by Crippen LogP contribution is 2.19. The Balaban J connectivity index is 1.53. The molecule has 1 aliphatic rings. The van der Waals surface area contributed by atoms with Crippen molar-refractivity contribution < 1.29 is 0 Å². The molecule has 2 heterocycles. The lowest BCUT2D eigenvalue weighted by Gasteiger charge is -2.37. The van der Waals surface area contributed by atoms with E-state index < -0.39 is 0 Å². The second kappa shape index (κ2) is 8.63. The zero-order valence-corrected chi connectivity index (χ0v) is 15.9. The van der Waals surface area contributed by atoms with Gasteiger partial charge in [0.05, 0.1) is 5.69 Å². The van der Waals surface area contributed by atoms with Gasteiger partial charge in [0.15, 0.2) is 0 Å². The van der Waals surface area contributed by atoms with Crippen LogP contribution in [0.25, 0.3) is 0 Å². The van der Waals surface area contributed by atoms with Gasteiger partial charge in [0.25, 0.3) is 0 Å². The van der Waals surface area contributed by atoms with Crippen LogP contribution in [0.2, 0.25) is 0 Å². The van der Waals surface area contributed by atoms with Gasteiger partial charge in [0.1, 0.15) is 0 Å². The van der Waals surface area contributed by atoms with Crippen LogP contribution in [0.4, 0.5) is 0 Å². The fourth-order valence-electron chi connectivity index (χ4n) is 3.79. The minimum Gasteiger partial charge on any atom is -0.298 e. The Morgan fingerprint density at radius 3 is 2.84 bits per heavy atom. The number of piperidine rings is 1. The molecule has 0 amide bonds. The maximum atomic E-state index is 4.47. The molecule has 136 valence electrons. The minimum atomic E-state index is 0.631. The molecule has 4 heteroatoms. The van der Waals surface area contributed by atoms with E-state index in [-0.39, 0.29) is 0 Å². The number of likely N-dealkylation sites (N-methyl/N-ethyl adjacent to an activating group) is 1. The van der Waals surface area contributed by atoms with Crippen molar-refractivity contribution in [3.8, 4) is 0 Å². The summed E-state index contributed by atoms with van der Waals surface area (Å²) in [6.45, 7) is 8.83. The zero-order chi connectivity index (χ0) is 17.6. The monoisotopic (exact) mass is 340 g/mol. The van der Waals surface area contributed by atoms with E-state index in [9.17, 15) is 0 Å². The Labute approximate surface area is 152 Å². The number of nitrogens with zero attached hydrogens (tertiary/aromatic N) is 3. The van der Waals surface area contributed by atoms with Crippen LogP contribution in [0.5, 0.6) is 0 Å². The number of likely N-dealkylation sites (tertiary alicyclic amines) is 1. The largest absolute Gasteiger partial charge is 0.298 e. The predicted octanol–water partition coefficient (Wildman–Crippen LogP) is 3.70. The molecule has 3 rings (SSSR count). The molecule has 1 unspecified atom stereocenters. The van der Waals surface area contributed by atoms with Gasteiger partial charge in [0, 0.05) is 31.4 Å². The fraction of sp³-hybridized carbons (Fsp3) is 0.571. The number of hydrogen-bond donors (Lipinski definition) is 1. The molecule has 25 heavy (non-hydrogen) atoms. The van der Waals surface area contributed by atoms with Crippen molar-refractivity contribution in [2.45, 2.75) is 52.2 Å². The number of aromatic nitrogens is 2. The predicted molar refractivity (Wildman–Crippen MR) is 103 cm³/mol. The van der Waals surface area contributed by atoms with Crippen molar-refractivity contribution in [1.82, 2.24) is 20.0 Å². The SMILES string of the molecule is CC(C)Cc1cc(CN2CCCC(N(C)Cc3ccccc3)C2)[nH]n1. The Hall–Kier alpha value is -1.65. The lowest BCUT2D eigenvalue weighted by Crippen LogP contribution is -2.45. The first-order valence-corrected chi connectivity index (χ1v) is 9.60. The summed E-state index contributed by atoms with van der Waals surface area (Å²) in [6, 6.07) is 13.7. The lowest BCUT2D eigenvalue weighted by atomic mass is 10.0. The lowest BCUT2D eigenvalue weighted by molar-refractivity contribution is 0.106. The molecule has 1 atom stereocenters. The van der Waals surface area contributed by atoms with Crippen molar-refractivity contribution in [3.05, 3.63) is 53.3 Å². The first kappa shape index (κ1) is 18.2. The third-order valence-electron chi connectivity index (χ3n) is 5.07. The summed E-state index contributed by atoms with van der Waals surface area (Å²) < 4.78 is 0. The fourth-order valence-corrected chi connectivity index (χ4v) is 3.79. The molecule has 0 aliphatic carbocycles. The van der Waals surface area contributed by atoms with Crippen LogP contribution < -0.4 is 0 Å². The zero-order valence-electron chi connectivity index (χ0n) is 15.9. The number of benzene rings is 1. The van der Waals surface area contributed by atoms with Crippen molar-refractivity contribution in [3.63, 3.8) is 0 Å². The Morgan fingerprint density at radius 2 is 2.08 bits per heavy atom. The molecule has 1 fully saturated rings. The Bertz CT molecular complexity index is 634. The summed E-state index contributed by atoms with van der Waals surface area (Å²) in [4.78, 5) is 5.08. The third-order valence-corrected chi connectivity index (χ3v) is 5.07. The number of aromatic amines is 1. The van der Waals surface area contributed by atoms with Crippen molar-refractivity contribution in [2.75, 3.05) is 20.1 Å². The first-order chi connectivity index (χ1) is 12.1. The van der Waals surface area contributed by atoms with Crippen LogP contribution in [-0.4, -0.2) is 46.2 Å². The summed E-state index contributed by atoms with van der Waals surface area (Å²) >= 11 is 0. The number of H-pyrrole nitrogens is 1. The van der Waals surface area contributed by atoms with Crippen LogP contribution in [0, 0.1) is 5.92 Å². The van der Waals surface area contributed by atoms with Gasteiger partial charge >= 0.3 is 0 Å². The van der Waals surface area contributed by atoms with E-state index >= 15 is 0 Å². The maximum absolute atomic E-state index is 4.47. The molecular weight excluding hydrogens is 308 g/mol. The van der Waals surface area contributed by atoms with Crippen LogP contribution in [0.3, 0.4) is 0 Å².